The van der Waals surface area contributed by atoms with E-state index in [2.05, 4.69) is 22.1 Å². The Labute approximate surface area is 127 Å². The van der Waals surface area contributed by atoms with E-state index in [1.165, 1.54) is 0 Å². The van der Waals surface area contributed by atoms with Crippen LogP contribution in [0, 0.1) is 13.8 Å². The van der Waals surface area contributed by atoms with Crippen molar-refractivity contribution < 1.29 is 8.42 Å². The number of nitrogens with zero attached hydrogens (tertiary/aromatic N) is 2. The second kappa shape index (κ2) is 6.89. The molecular formula is C14H26N4O2S. The maximum Gasteiger partial charge on any atom is 0.244 e. The van der Waals surface area contributed by atoms with Crippen molar-refractivity contribution in [3.8, 4) is 0 Å². The number of nitrogens with one attached hydrogen (secondary N) is 2. The molecule has 2 N–H and O–H groups in total. The Hall–Kier alpha value is -0.920. The molecule has 0 aromatic carbocycles. The summed E-state index contributed by atoms with van der Waals surface area (Å²) in [5.41, 5.74) is 1.30. The van der Waals surface area contributed by atoms with Crippen molar-refractivity contribution in [2.75, 3.05) is 13.1 Å². The van der Waals surface area contributed by atoms with Gasteiger partial charge in [0.2, 0.25) is 10.0 Å². The Morgan fingerprint density at radius 3 is 2.57 bits per heavy atom. The van der Waals surface area contributed by atoms with Crippen LogP contribution in [0.15, 0.2) is 4.90 Å². The lowest BCUT2D eigenvalue weighted by molar-refractivity contribution is 0.383. The average Bonchev–Trinajstić information content (AvgIpc) is 2.65. The molecule has 0 atom stereocenters. The van der Waals surface area contributed by atoms with Gasteiger partial charge < -0.3 is 5.32 Å². The lowest BCUT2D eigenvalue weighted by Crippen LogP contribution is -2.39. The van der Waals surface area contributed by atoms with E-state index < -0.39 is 10.0 Å². The predicted octanol–water partition coefficient (Wildman–Crippen LogP) is 1.33. The summed E-state index contributed by atoms with van der Waals surface area (Å²) in [6.45, 7) is 8.16. The Kier molecular flexibility index (Phi) is 5.40. The zero-order valence-corrected chi connectivity index (χ0v) is 14.0. The van der Waals surface area contributed by atoms with Crippen molar-refractivity contribution in [1.29, 1.82) is 0 Å². The molecule has 7 heteroatoms. The Morgan fingerprint density at radius 2 is 2.00 bits per heavy atom. The van der Waals surface area contributed by atoms with Crippen LogP contribution in [-0.2, 0) is 16.6 Å². The van der Waals surface area contributed by atoms with Gasteiger partial charge in [0.25, 0.3) is 0 Å². The van der Waals surface area contributed by atoms with Crippen molar-refractivity contribution in [3.63, 3.8) is 0 Å². The molecule has 1 aromatic heterocycles. The number of hydrogen-bond donors (Lipinski definition) is 2. The van der Waals surface area contributed by atoms with Gasteiger partial charge in [0.15, 0.2) is 0 Å². The molecule has 1 aromatic rings. The fourth-order valence-electron chi connectivity index (χ4n) is 2.58. The second-order valence-electron chi connectivity index (χ2n) is 5.72. The van der Waals surface area contributed by atoms with E-state index in [0.717, 1.165) is 44.5 Å². The van der Waals surface area contributed by atoms with E-state index in [1.54, 1.807) is 11.6 Å². The molecule has 21 heavy (non-hydrogen) atoms. The van der Waals surface area contributed by atoms with Gasteiger partial charge in [-0.05, 0) is 39.7 Å². The molecule has 0 unspecified atom stereocenters. The molecule has 0 spiro atoms. The van der Waals surface area contributed by atoms with Crippen LogP contribution in [0.2, 0.25) is 0 Å². The Morgan fingerprint density at radius 1 is 1.29 bits per heavy atom. The molecule has 0 amide bonds. The second-order valence-corrected chi connectivity index (χ2v) is 7.37. The molecule has 120 valence electrons. The summed E-state index contributed by atoms with van der Waals surface area (Å²) in [6.07, 6.45) is 4.06. The monoisotopic (exact) mass is 314 g/mol. The molecule has 1 fully saturated rings. The van der Waals surface area contributed by atoms with Gasteiger partial charge in [0.1, 0.15) is 4.90 Å². The topological polar surface area (TPSA) is 76.0 Å². The first-order valence-electron chi connectivity index (χ1n) is 7.72. The van der Waals surface area contributed by atoms with Gasteiger partial charge in [-0.15, -0.1) is 0 Å². The number of aryl methyl sites for hydroxylation is 1. The standard InChI is InChI=1S/C14H26N4O2S/c1-4-8-15-9-10-18-12(3)14(11(2)16-18)21(19,20)17-13-6-5-7-13/h13,15,17H,4-10H2,1-3H3. The summed E-state index contributed by atoms with van der Waals surface area (Å²) in [4.78, 5) is 0.352. The van der Waals surface area contributed by atoms with Gasteiger partial charge in [-0.1, -0.05) is 13.3 Å². The van der Waals surface area contributed by atoms with E-state index in [-0.39, 0.29) is 6.04 Å². The van der Waals surface area contributed by atoms with Gasteiger partial charge in [-0.3, -0.25) is 4.68 Å². The van der Waals surface area contributed by atoms with Gasteiger partial charge in [0, 0.05) is 12.6 Å². The molecule has 0 bridgehead atoms. The first kappa shape index (κ1) is 16.5. The van der Waals surface area contributed by atoms with Crippen molar-refractivity contribution in [2.45, 2.75) is 63.9 Å². The largest absolute Gasteiger partial charge is 0.315 e. The zero-order valence-electron chi connectivity index (χ0n) is 13.1. The third kappa shape index (κ3) is 3.84. The fourth-order valence-corrected chi connectivity index (χ4v) is 4.29. The fraction of sp³-hybridized carbons (Fsp3) is 0.786. The van der Waals surface area contributed by atoms with Crippen molar-refractivity contribution in [2.24, 2.45) is 0 Å². The highest BCUT2D eigenvalue weighted by molar-refractivity contribution is 7.89. The summed E-state index contributed by atoms with van der Waals surface area (Å²) in [5, 5.41) is 7.69. The van der Waals surface area contributed by atoms with E-state index >= 15 is 0 Å². The molecule has 1 saturated carbocycles. The SMILES string of the molecule is CCCNCCn1nc(C)c(S(=O)(=O)NC2CCC2)c1C. The van der Waals surface area contributed by atoms with Crippen LogP contribution in [0.5, 0.6) is 0 Å². The average molecular weight is 314 g/mol. The quantitative estimate of drug-likeness (QED) is 0.710. The summed E-state index contributed by atoms with van der Waals surface area (Å²) in [6, 6.07) is 0.100. The normalized spacial score (nSPS) is 16.1. The van der Waals surface area contributed by atoms with Crippen LogP contribution >= 0.6 is 0 Å². The van der Waals surface area contributed by atoms with Gasteiger partial charge >= 0.3 is 0 Å². The maximum absolute atomic E-state index is 12.5. The van der Waals surface area contributed by atoms with Crippen molar-refractivity contribution >= 4 is 10.0 Å². The minimum Gasteiger partial charge on any atom is -0.315 e. The lowest BCUT2D eigenvalue weighted by atomic mass is 9.94. The third-order valence-corrected chi connectivity index (χ3v) is 5.71. The number of hydrogen-bond acceptors (Lipinski definition) is 4. The summed E-state index contributed by atoms with van der Waals surface area (Å²) < 4.78 is 29.5. The third-order valence-electron chi connectivity index (χ3n) is 3.94. The number of aromatic nitrogens is 2. The highest BCUT2D eigenvalue weighted by Crippen LogP contribution is 2.24. The van der Waals surface area contributed by atoms with Crippen LogP contribution in [0.3, 0.4) is 0 Å². The van der Waals surface area contributed by atoms with E-state index in [4.69, 9.17) is 0 Å². The minimum atomic E-state index is -3.45. The summed E-state index contributed by atoms with van der Waals surface area (Å²) in [5.74, 6) is 0. The van der Waals surface area contributed by atoms with Crippen molar-refractivity contribution in [1.82, 2.24) is 19.8 Å². The first-order valence-corrected chi connectivity index (χ1v) is 9.21. The summed E-state index contributed by atoms with van der Waals surface area (Å²) >= 11 is 0. The molecule has 1 aliphatic carbocycles. The molecule has 6 nitrogen and oxygen atoms in total. The molecule has 2 rings (SSSR count). The van der Waals surface area contributed by atoms with Crippen LogP contribution in [-0.4, -0.2) is 37.3 Å². The predicted molar refractivity (Wildman–Crippen MR) is 82.8 cm³/mol. The Balaban J connectivity index is 2.10. The van der Waals surface area contributed by atoms with E-state index in [1.807, 2.05) is 6.92 Å². The highest BCUT2D eigenvalue weighted by atomic mass is 32.2. The lowest BCUT2D eigenvalue weighted by Gasteiger charge is -2.26. The molecule has 1 aliphatic rings. The van der Waals surface area contributed by atoms with E-state index in [0.29, 0.717) is 17.1 Å². The highest BCUT2D eigenvalue weighted by Gasteiger charge is 2.29. The molecular weight excluding hydrogens is 288 g/mol. The zero-order chi connectivity index (χ0) is 15.5. The smallest absolute Gasteiger partial charge is 0.244 e. The summed E-state index contributed by atoms with van der Waals surface area (Å²) in [7, 11) is -3.45. The minimum absolute atomic E-state index is 0.100. The number of rotatable bonds is 8. The van der Waals surface area contributed by atoms with Crippen molar-refractivity contribution in [3.05, 3.63) is 11.4 Å². The van der Waals surface area contributed by atoms with Gasteiger partial charge in [-0.25, -0.2) is 13.1 Å². The molecule has 1 heterocycles. The molecule has 0 aliphatic heterocycles. The van der Waals surface area contributed by atoms with Crippen LogP contribution < -0.4 is 10.0 Å². The van der Waals surface area contributed by atoms with Gasteiger partial charge in [0.05, 0.1) is 17.9 Å². The van der Waals surface area contributed by atoms with E-state index in [9.17, 15) is 8.42 Å². The van der Waals surface area contributed by atoms with Crippen LogP contribution in [0.25, 0.3) is 0 Å². The molecule has 0 radical (unpaired) electrons. The molecule has 0 saturated heterocycles. The number of sulfonamides is 1. The Bertz CT molecular complexity index is 576. The van der Waals surface area contributed by atoms with Crippen LogP contribution in [0.1, 0.15) is 44.0 Å². The maximum atomic E-state index is 12.5. The van der Waals surface area contributed by atoms with Crippen LogP contribution in [0.4, 0.5) is 0 Å². The van der Waals surface area contributed by atoms with Gasteiger partial charge in [-0.2, -0.15) is 5.10 Å². The first-order chi connectivity index (χ1) is 9.95.